The van der Waals surface area contributed by atoms with Gasteiger partial charge in [0.05, 0.1) is 16.7 Å². The van der Waals surface area contributed by atoms with Crippen LogP contribution in [0.4, 0.5) is 11.4 Å². The standard InChI is InChI=1S/C22H18N4O4/c1-15-6-2-4-8-19(15)22(28)24-18-12-10-16(11-13-18)21(27)25-23-14-17-7-3-5-9-20(17)26(29)30/h2-14H,1H3,(H,24,28)(H,25,27). The summed E-state index contributed by atoms with van der Waals surface area (Å²) in [7, 11) is 0. The maximum atomic E-state index is 12.3. The molecule has 0 aromatic heterocycles. The summed E-state index contributed by atoms with van der Waals surface area (Å²) in [5.41, 5.74) is 4.80. The number of para-hydroxylation sites is 1. The van der Waals surface area contributed by atoms with E-state index in [1.165, 1.54) is 18.3 Å². The quantitative estimate of drug-likeness (QED) is 0.369. The molecule has 0 unspecified atom stereocenters. The molecule has 8 nitrogen and oxygen atoms in total. The van der Waals surface area contributed by atoms with Gasteiger partial charge in [0.15, 0.2) is 0 Å². The van der Waals surface area contributed by atoms with Gasteiger partial charge in [0.25, 0.3) is 17.5 Å². The van der Waals surface area contributed by atoms with Crippen LogP contribution in [0.1, 0.15) is 31.8 Å². The predicted octanol–water partition coefficient (Wildman–Crippen LogP) is 3.92. The van der Waals surface area contributed by atoms with E-state index in [2.05, 4.69) is 15.8 Å². The first kappa shape index (κ1) is 20.4. The lowest BCUT2D eigenvalue weighted by Gasteiger charge is -2.08. The summed E-state index contributed by atoms with van der Waals surface area (Å²) in [6, 6.07) is 19.6. The Morgan fingerprint density at radius 2 is 1.60 bits per heavy atom. The fourth-order valence-electron chi connectivity index (χ4n) is 2.72. The number of nitrogens with zero attached hydrogens (tertiary/aromatic N) is 2. The van der Waals surface area contributed by atoms with Crippen molar-refractivity contribution >= 4 is 29.4 Å². The zero-order valence-electron chi connectivity index (χ0n) is 16.0. The minimum Gasteiger partial charge on any atom is -0.322 e. The molecule has 0 aliphatic rings. The van der Waals surface area contributed by atoms with E-state index in [1.54, 1.807) is 48.5 Å². The minimum atomic E-state index is -0.521. The number of amides is 2. The van der Waals surface area contributed by atoms with Crippen LogP contribution in [0, 0.1) is 17.0 Å². The number of carbonyl (C=O) groups is 2. The Hall–Kier alpha value is -4.33. The van der Waals surface area contributed by atoms with Crippen LogP contribution in [0.2, 0.25) is 0 Å². The van der Waals surface area contributed by atoms with Crippen LogP contribution in [-0.4, -0.2) is 23.0 Å². The fraction of sp³-hybridized carbons (Fsp3) is 0.0455. The van der Waals surface area contributed by atoms with E-state index in [0.717, 1.165) is 5.56 Å². The number of hydrogen-bond donors (Lipinski definition) is 2. The maximum Gasteiger partial charge on any atom is 0.278 e. The second-order valence-electron chi connectivity index (χ2n) is 6.36. The van der Waals surface area contributed by atoms with Gasteiger partial charge in [-0.25, -0.2) is 5.43 Å². The first-order valence-corrected chi connectivity index (χ1v) is 8.99. The van der Waals surface area contributed by atoms with E-state index in [9.17, 15) is 19.7 Å². The number of benzene rings is 3. The Morgan fingerprint density at radius 1 is 0.933 bits per heavy atom. The topological polar surface area (TPSA) is 114 Å². The van der Waals surface area contributed by atoms with Crippen LogP contribution in [0.3, 0.4) is 0 Å². The van der Waals surface area contributed by atoms with E-state index in [0.29, 0.717) is 16.8 Å². The monoisotopic (exact) mass is 402 g/mol. The van der Waals surface area contributed by atoms with Gasteiger partial charge in [0.2, 0.25) is 0 Å². The molecule has 0 radical (unpaired) electrons. The second kappa shape index (κ2) is 9.24. The van der Waals surface area contributed by atoms with Gasteiger partial charge in [0.1, 0.15) is 0 Å². The summed E-state index contributed by atoms with van der Waals surface area (Å²) in [5.74, 6) is -0.721. The molecule has 0 aliphatic carbocycles. The summed E-state index contributed by atoms with van der Waals surface area (Å²) in [4.78, 5) is 35.0. The predicted molar refractivity (Wildman–Crippen MR) is 114 cm³/mol. The van der Waals surface area contributed by atoms with E-state index in [1.807, 2.05) is 19.1 Å². The number of nitro groups is 1. The van der Waals surface area contributed by atoms with Gasteiger partial charge >= 0.3 is 0 Å². The van der Waals surface area contributed by atoms with E-state index in [4.69, 9.17) is 0 Å². The second-order valence-corrected chi connectivity index (χ2v) is 6.36. The summed E-state index contributed by atoms with van der Waals surface area (Å²) in [6.45, 7) is 1.85. The molecule has 8 heteroatoms. The summed E-state index contributed by atoms with van der Waals surface area (Å²) >= 11 is 0. The van der Waals surface area contributed by atoms with Crippen molar-refractivity contribution in [2.24, 2.45) is 5.10 Å². The van der Waals surface area contributed by atoms with Gasteiger partial charge in [-0.05, 0) is 48.9 Å². The summed E-state index contributed by atoms with van der Waals surface area (Å²) in [5, 5.41) is 17.5. The van der Waals surface area contributed by atoms with Crippen molar-refractivity contribution in [3.63, 3.8) is 0 Å². The SMILES string of the molecule is Cc1ccccc1C(=O)Nc1ccc(C(=O)NN=Cc2ccccc2[N+](=O)[O-])cc1. The zero-order valence-corrected chi connectivity index (χ0v) is 16.0. The van der Waals surface area contributed by atoms with Gasteiger partial charge in [-0.3, -0.25) is 19.7 Å². The van der Waals surface area contributed by atoms with Gasteiger partial charge < -0.3 is 5.32 Å². The van der Waals surface area contributed by atoms with Crippen molar-refractivity contribution < 1.29 is 14.5 Å². The molecule has 150 valence electrons. The van der Waals surface area contributed by atoms with Crippen molar-refractivity contribution in [2.75, 3.05) is 5.32 Å². The third kappa shape index (κ3) is 4.93. The largest absolute Gasteiger partial charge is 0.322 e. The van der Waals surface area contributed by atoms with Crippen LogP contribution in [0.25, 0.3) is 0 Å². The zero-order chi connectivity index (χ0) is 21.5. The van der Waals surface area contributed by atoms with Crippen molar-refractivity contribution in [2.45, 2.75) is 6.92 Å². The molecule has 2 amide bonds. The van der Waals surface area contributed by atoms with E-state index < -0.39 is 10.8 Å². The molecule has 30 heavy (non-hydrogen) atoms. The van der Waals surface area contributed by atoms with Crippen molar-refractivity contribution in [3.05, 3.63) is 105 Å². The maximum absolute atomic E-state index is 12.3. The fourth-order valence-corrected chi connectivity index (χ4v) is 2.72. The van der Waals surface area contributed by atoms with Crippen LogP contribution in [0.15, 0.2) is 77.9 Å². The third-order valence-corrected chi connectivity index (χ3v) is 4.30. The normalized spacial score (nSPS) is 10.6. The molecule has 0 saturated carbocycles. The first-order chi connectivity index (χ1) is 14.5. The molecule has 0 saturated heterocycles. The average Bonchev–Trinajstić information content (AvgIpc) is 2.74. The molecule has 0 heterocycles. The number of hydrogen-bond acceptors (Lipinski definition) is 5. The number of nitro benzene ring substituents is 1. The highest BCUT2D eigenvalue weighted by Gasteiger charge is 2.11. The molecule has 2 N–H and O–H groups in total. The Labute approximate surface area is 172 Å². The van der Waals surface area contributed by atoms with Crippen molar-refractivity contribution in [3.8, 4) is 0 Å². The smallest absolute Gasteiger partial charge is 0.278 e. The molecule has 0 aliphatic heterocycles. The molecular weight excluding hydrogens is 384 g/mol. The Morgan fingerprint density at radius 3 is 2.30 bits per heavy atom. The van der Waals surface area contributed by atoms with Gasteiger partial charge in [-0.1, -0.05) is 30.3 Å². The highest BCUT2D eigenvalue weighted by Crippen LogP contribution is 2.16. The van der Waals surface area contributed by atoms with Crippen LogP contribution in [0.5, 0.6) is 0 Å². The number of hydrazone groups is 1. The number of aryl methyl sites for hydroxylation is 1. The number of carbonyl (C=O) groups excluding carboxylic acids is 2. The van der Waals surface area contributed by atoms with Crippen LogP contribution >= 0.6 is 0 Å². The highest BCUT2D eigenvalue weighted by atomic mass is 16.6. The van der Waals surface area contributed by atoms with Crippen molar-refractivity contribution in [1.82, 2.24) is 5.43 Å². The highest BCUT2D eigenvalue weighted by molar-refractivity contribution is 6.05. The third-order valence-electron chi connectivity index (χ3n) is 4.30. The molecule has 0 spiro atoms. The lowest BCUT2D eigenvalue weighted by atomic mass is 10.1. The molecule has 3 aromatic rings. The molecule has 0 fully saturated rings. The minimum absolute atomic E-state index is 0.107. The lowest BCUT2D eigenvalue weighted by molar-refractivity contribution is -0.385. The number of rotatable bonds is 6. The molecule has 0 atom stereocenters. The molecule has 3 aromatic carbocycles. The van der Waals surface area contributed by atoms with E-state index in [-0.39, 0.29) is 17.2 Å². The van der Waals surface area contributed by atoms with Crippen LogP contribution < -0.4 is 10.7 Å². The average molecular weight is 402 g/mol. The van der Waals surface area contributed by atoms with Gasteiger partial charge in [0, 0.05) is 22.9 Å². The Kier molecular flexibility index (Phi) is 6.29. The molecule has 0 bridgehead atoms. The number of anilines is 1. The summed E-state index contributed by atoms with van der Waals surface area (Å²) in [6.07, 6.45) is 1.22. The molecular formula is C22H18N4O4. The van der Waals surface area contributed by atoms with E-state index >= 15 is 0 Å². The first-order valence-electron chi connectivity index (χ1n) is 8.99. The van der Waals surface area contributed by atoms with Gasteiger partial charge in [-0.2, -0.15) is 5.10 Å². The van der Waals surface area contributed by atoms with Gasteiger partial charge in [-0.15, -0.1) is 0 Å². The van der Waals surface area contributed by atoms with Crippen LogP contribution in [-0.2, 0) is 0 Å². The molecule has 3 rings (SSSR count). The Balaban J connectivity index is 1.62. The van der Waals surface area contributed by atoms with Crippen molar-refractivity contribution in [1.29, 1.82) is 0 Å². The Bertz CT molecular complexity index is 1120. The number of nitrogens with one attached hydrogen (secondary N) is 2. The lowest BCUT2D eigenvalue weighted by Crippen LogP contribution is -2.18. The summed E-state index contributed by atoms with van der Waals surface area (Å²) < 4.78 is 0.